The molecule has 0 amide bonds. The molecular weight excluding hydrogens is 410 g/mol. The topological polar surface area (TPSA) is 113 Å². The molecule has 0 radical (unpaired) electrons. The summed E-state index contributed by atoms with van der Waals surface area (Å²) in [6.45, 7) is 2.58. The standard InChI is InChI=1S/C19H29N5O5S/c1-23-12-16(20-14-23)30(25,26)24-8-3-6-19(13-24,7-11-27-2)18-21-17(29-22-18)15-4-9-28-10-5-15/h12,14-15H,3-11,13H2,1-2H3. The fraction of sp³-hybridized carbons (Fsp3) is 0.737. The molecule has 4 rings (SSSR count). The van der Waals surface area contributed by atoms with Gasteiger partial charge in [0, 0.05) is 64.6 Å². The van der Waals surface area contributed by atoms with Gasteiger partial charge >= 0.3 is 0 Å². The number of imidazole rings is 1. The van der Waals surface area contributed by atoms with E-state index in [0.717, 1.165) is 19.3 Å². The molecule has 0 aliphatic carbocycles. The monoisotopic (exact) mass is 439 g/mol. The van der Waals surface area contributed by atoms with Crippen LogP contribution in [0.1, 0.15) is 49.7 Å². The molecule has 0 aromatic carbocycles. The summed E-state index contributed by atoms with van der Waals surface area (Å²) in [6, 6.07) is 0. The molecule has 4 heterocycles. The van der Waals surface area contributed by atoms with Gasteiger partial charge in [-0.05, 0) is 32.1 Å². The minimum atomic E-state index is -3.70. The zero-order valence-electron chi connectivity index (χ0n) is 17.5. The lowest BCUT2D eigenvalue weighted by molar-refractivity contribution is 0.0778. The molecule has 11 heteroatoms. The zero-order chi connectivity index (χ0) is 21.2. The van der Waals surface area contributed by atoms with Gasteiger partial charge in [-0.25, -0.2) is 13.4 Å². The predicted octanol–water partition coefficient (Wildman–Crippen LogP) is 1.46. The van der Waals surface area contributed by atoms with Crippen LogP contribution in [0.3, 0.4) is 0 Å². The van der Waals surface area contributed by atoms with Crippen molar-refractivity contribution < 1.29 is 22.4 Å². The number of methoxy groups -OCH3 is 1. The Bertz CT molecular complexity index is 952. The van der Waals surface area contributed by atoms with Crippen LogP contribution < -0.4 is 0 Å². The van der Waals surface area contributed by atoms with E-state index in [4.69, 9.17) is 19.0 Å². The van der Waals surface area contributed by atoms with Crippen LogP contribution in [0.25, 0.3) is 0 Å². The van der Waals surface area contributed by atoms with E-state index in [0.29, 0.717) is 50.9 Å². The number of aromatic nitrogens is 4. The maximum absolute atomic E-state index is 13.2. The fourth-order valence-electron chi connectivity index (χ4n) is 4.31. The molecular formula is C19H29N5O5S. The average molecular weight is 440 g/mol. The third-order valence-electron chi connectivity index (χ3n) is 6.10. The molecule has 0 N–H and O–H groups in total. The summed E-state index contributed by atoms with van der Waals surface area (Å²) in [7, 11) is -0.307. The van der Waals surface area contributed by atoms with E-state index < -0.39 is 15.4 Å². The Morgan fingerprint density at radius 3 is 2.83 bits per heavy atom. The van der Waals surface area contributed by atoms with Crippen molar-refractivity contribution in [2.75, 3.05) is 40.0 Å². The average Bonchev–Trinajstić information content (AvgIpc) is 3.43. The van der Waals surface area contributed by atoms with Crippen LogP contribution >= 0.6 is 0 Å². The molecule has 2 saturated heterocycles. The van der Waals surface area contributed by atoms with Crippen molar-refractivity contribution in [1.29, 1.82) is 0 Å². The van der Waals surface area contributed by atoms with Crippen molar-refractivity contribution in [2.45, 2.75) is 48.5 Å². The third-order valence-corrected chi connectivity index (χ3v) is 7.83. The summed E-state index contributed by atoms with van der Waals surface area (Å²) < 4.78 is 45.9. The molecule has 1 unspecified atom stereocenters. The molecule has 10 nitrogen and oxygen atoms in total. The van der Waals surface area contributed by atoms with Gasteiger partial charge in [0.05, 0.1) is 6.33 Å². The van der Waals surface area contributed by atoms with E-state index in [1.807, 2.05) is 0 Å². The van der Waals surface area contributed by atoms with Gasteiger partial charge in [0.2, 0.25) is 5.89 Å². The first-order chi connectivity index (χ1) is 14.4. The molecule has 0 spiro atoms. The van der Waals surface area contributed by atoms with Gasteiger partial charge in [-0.15, -0.1) is 0 Å². The summed E-state index contributed by atoms with van der Waals surface area (Å²) in [5.41, 5.74) is -0.553. The van der Waals surface area contributed by atoms with Gasteiger partial charge in [-0.2, -0.15) is 9.29 Å². The van der Waals surface area contributed by atoms with E-state index in [9.17, 15) is 8.42 Å². The Hall–Kier alpha value is -1.82. The van der Waals surface area contributed by atoms with Gasteiger partial charge in [-0.3, -0.25) is 0 Å². The second-order valence-corrected chi connectivity index (χ2v) is 10.1. The smallest absolute Gasteiger partial charge is 0.262 e. The van der Waals surface area contributed by atoms with Crippen LogP contribution in [-0.4, -0.2) is 72.4 Å². The molecule has 2 aromatic heterocycles. The number of sulfonamides is 1. The first kappa shape index (κ1) is 21.4. The van der Waals surface area contributed by atoms with Crippen LogP contribution in [0.15, 0.2) is 22.1 Å². The van der Waals surface area contributed by atoms with Crippen LogP contribution in [0.2, 0.25) is 0 Å². The van der Waals surface area contributed by atoms with Crippen molar-refractivity contribution in [3.05, 3.63) is 24.2 Å². The van der Waals surface area contributed by atoms with Crippen molar-refractivity contribution >= 4 is 10.0 Å². The number of rotatable bonds is 7. The Morgan fingerprint density at radius 2 is 2.13 bits per heavy atom. The molecule has 30 heavy (non-hydrogen) atoms. The number of nitrogens with zero attached hydrogens (tertiary/aromatic N) is 5. The van der Waals surface area contributed by atoms with Crippen molar-refractivity contribution in [2.24, 2.45) is 7.05 Å². The molecule has 166 valence electrons. The third kappa shape index (κ3) is 4.16. The van der Waals surface area contributed by atoms with Crippen LogP contribution in [0.4, 0.5) is 0 Å². The second-order valence-electron chi connectivity index (χ2n) is 8.19. The minimum absolute atomic E-state index is 0.0588. The Kier molecular flexibility index (Phi) is 6.24. The number of hydrogen-bond acceptors (Lipinski definition) is 8. The van der Waals surface area contributed by atoms with Gasteiger partial charge < -0.3 is 18.6 Å². The fourth-order valence-corrected chi connectivity index (χ4v) is 5.84. The number of piperidine rings is 1. The normalized spacial score (nSPS) is 24.3. The predicted molar refractivity (Wildman–Crippen MR) is 106 cm³/mol. The van der Waals surface area contributed by atoms with Gasteiger partial charge in [0.25, 0.3) is 10.0 Å². The summed E-state index contributed by atoms with van der Waals surface area (Å²) in [6.07, 6.45) is 6.82. The van der Waals surface area contributed by atoms with Crippen LogP contribution in [0.5, 0.6) is 0 Å². The molecule has 0 saturated carbocycles. The SMILES string of the molecule is COCCC1(c2noc(C3CCOCC3)n2)CCCN(S(=O)(=O)c2cn(C)cn2)C1. The van der Waals surface area contributed by atoms with E-state index in [-0.39, 0.29) is 17.5 Å². The van der Waals surface area contributed by atoms with E-state index >= 15 is 0 Å². The first-order valence-corrected chi connectivity index (χ1v) is 11.8. The Labute approximate surface area is 176 Å². The summed E-state index contributed by atoms with van der Waals surface area (Å²) >= 11 is 0. The lowest BCUT2D eigenvalue weighted by Crippen LogP contribution is -2.49. The first-order valence-electron chi connectivity index (χ1n) is 10.3. The van der Waals surface area contributed by atoms with Crippen molar-refractivity contribution in [3.8, 4) is 0 Å². The zero-order valence-corrected chi connectivity index (χ0v) is 18.3. The summed E-state index contributed by atoms with van der Waals surface area (Å²) in [4.78, 5) is 8.80. The highest BCUT2D eigenvalue weighted by molar-refractivity contribution is 7.89. The molecule has 2 aliphatic rings. The molecule has 0 bridgehead atoms. The Morgan fingerprint density at radius 1 is 1.33 bits per heavy atom. The van der Waals surface area contributed by atoms with E-state index in [2.05, 4.69) is 10.1 Å². The second kappa shape index (κ2) is 8.74. The maximum atomic E-state index is 13.2. The maximum Gasteiger partial charge on any atom is 0.262 e. The minimum Gasteiger partial charge on any atom is -0.385 e. The van der Waals surface area contributed by atoms with Gasteiger partial charge in [-0.1, -0.05) is 5.16 Å². The summed E-state index contributed by atoms with van der Waals surface area (Å²) in [5, 5.41) is 4.37. The van der Waals surface area contributed by atoms with Crippen molar-refractivity contribution in [3.63, 3.8) is 0 Å². The highest BCUT2D eigenvalue weighted by atomic mass is 32.2. The van der Waals surface area contributed by atoms with E-state index in [1.165, 1.54) is 16.8 Å². The molecule has 2 aromatic rings. The van der Waals surface area contributed by atoms with Crippen LogP contribution in [0, 0.1) is 0 Å². The quantitative estimate of drug-likeness (QED) is 0.637. The molecule has 1 atom stereocenters. The molecule has 2 fully saturated rings. The Balaban J connectivity index is 1.62. The van der Waals surface area contributed by atoms with Crippen molar-refractivity contribution in [1.82, 2.24) is 24.0 Å². The molecule has 2 aliphatic heterocycles. The largest absolute Gasteiger partial charge is 0.385 e. The summed E-state index contributed by atoms with van der Waals surface area (Å²) in [5.74, 6) is 1.38. The highest BCUT2D eigenvalue weighted by Gasteiger charge is 2.45. The number of hydrogen-bond donors (Lipinski definition) is 0. The highest BCUT2D eigenvalue weighted by Crippen LogP contribution is 2.38. The van der Waals surface area contributed by atoms with Gasteiger partial charge in [0.15, 0.2) is 10.9 Å². The lowest BCUT2D eigenvalue weighted by Gasteiger charge is -2.39. The number of aryl methyl sites for hydroxylation is 1. The van der Waals surface area contributed by atoms with Crippen LogP contribution in [-0.2, 0) is 32.0 Å². The lowest BCUT2D eigenvalue weighted by atomic mass is 9.77. The number of ether oxygens (including phenoxy) is 2. The van der Waals surface area contributed by atoms with Gasteiger partial charge in [0.1, 0.15) is 0 Å². The van der Waals surface area contributed by atoms with E-state index in [1.54, 1.807) is 18.7 Å².